The fraction of sp³-hybridized carbons (Fsp3) is 0.280. The van der Waals surface area contributed by atoms with Crippen molar-refractivity contribution in [1.29, 1.82) is 0 Å². The summed E-state index contributed by atoms with van der Waals surface area (Å²) in [5.41, 5.74) is 0.437. The molecule has 0 saturated carbocycles. The number of benzene rings is 3. The summed E-state index contributed by atoms with van der Waals surface area (Å²) in [4.78, 5) is 0. The van der Waals surface area contributed by atoms with Gasteiger partial charge in [-0.1, -0.05) is 48.6 Å². The minimum atomic E-state index is -4.40. The molecule has 1 heterocycles. The molecule has 1 aliphatic rings. The van der Waals surface area contributed by atoms with Crippen LogP contribution in [0.1, 0.15) is 23.1 Å². The molecule has 0 spiro atoms. The van der Waals surface area contributed by atoms with Crippen molar-refractivity contribution < 1.29 is 38.0 Å². The summed E-state index contributed by atoms with van der Waals surface area (Å²) in [6, 6.07) is 15.9. The third-order valence-electron chi connectivity index (χ3n) is 5.52. The van der Waals surface area contributed by atoms with E-state index in [1.54, 1.807) is 18.2 Å². The summed E-state index contributed by atoms with van der Waals surface area (Å²) < 4.78 is 49.9. The number of halogens is 3. The van der Waals surface area contributed by atoms with E-state index in [9.17, 15) is 28.5 Å². The van der Waals surface area contributed by atoms with Gasteiger partial charge < -0.3 is 24.8 Å². The highest BCUT2D eigenvalue weighted by atomic mass is 19.4. The van der Waals surface area contributed by atoms with Crippen molar-refractivity contribution in [2.45, 2.75) is 37.2 Å². The third kappa shape index (κ3) is 5.36. The second kappa shape index (κ2) is 9.52. The van der Waals surface area contributed by atoms with E-state index in [1.165, 1.54) is 12.1 Å². The Morgan fingerprint density at radius 3 is 2.27 bits per heavy atom. The number of hydrogen-bond donors (Lipinski definition) is 3. The van der Waals surface area contributed by atoms with E-state index in [0.29, 0.717) is 16.9 Å². The van der Waals surface area contributed by atoms with Crippen LogP contribution in [0.15, 0.2) is 60.7 Å². The molecular formula is C25H23F3O5. The van der Waals surface area contributed by atoms with Crippen LogP contribution in [0, 0.1) is 0 Å². The van der Waals surface area contributed by atoms with Crippen LogP contribution in [0.2, 0.25) is 0 Å². The summed E-state index contributed by atoms with van der Waals surface area (Å²) in [5, 5.41) is 31.6. The normalized spacial score (nSPS) is 23.8. The molecule has 0 amide bonds. The molecule has 3 N–H and O–H groups in total. The number of aliphatic hydroxyl groups excluding tert-OH is 3. The Labute approximate surface area is 188 Å². The lowest BCUT2D eigenvalue weighted by Crippen LogP contribution is -2.51. The van der Waals surface area contributed by atoms with Gasteiger partial charge in [0.15, 0.2) is 0 Å². The number of hydrogen-bond acceptors (Lipinski definition) is 5. The van der Waals surface area contributed by atoms with Gasteiger partial charge in [-0.25, -0.2) is 0 Å². The molecule has 33 heavy (non-hydrogen) atoms. The second-order valence-electron chi connectivity index (χ2n) is 7.91. The van der Waals surface area contributed by atoms with E-state index in [-0.39, 0.29) is 13.0 Å². The highest BCUT2D eigenvalue weighted by Gasteiger charge is 2.38. The van der Waals surface area contributed by atoms with Crippen LogP contribution < -0.4 is 4.74 Å². The summed E-state index contributed by atoms with van der Waals surface area (Å²) in [6.07, 6.45) is -5.29. The summed E-state index contributed by atoms with van der Waals surface area (Å²) in [7, 11) is 0. The summed E-state index contributed by atoms with van der Waals surface area (Å²) >= 11 is 0. The van der Waals surface area contributed by atoms with Crippen LogP contribution in [0.25, 0.3) is 22.9 Å². The zero-order valence-electron chi connectivity index (χ0n) is 17.4. The molecule has 4 rings (SSSR count). The Morgan fingerprint density at radius 1 is 0.970 bits per heavy atom. The minimum Gasteiger partial charge on any atom is -0.461 e. The van der Waals surface area contributed by atoms with Crippen molar-refractivity contribution in [3.8, 4) is 5.75 Å². The van der Waals surface area contributed by atoms with E-state index in [4.69, 9.17) is 9.47 Å². The van der Waals surface area contributed by atoms with Crippen LogP contribution in [0.4, 0.5) is 13.2 Å². The Kier molecular flexibility index (Phi) is 6.71. The van der Waals surface area contributed by atoms with Gasteiger partial charge in [0, 0.05) is 12.0 Å². The van der Waals surface area contributed by atoms with Crippen LogP contribution in [0.5, 0.6) is 5.75 Å². The molecule has 5 nitrogen and oxygen atoms in total. The van der Waals surface area contributed by atoms with Crippen molar-refractivity contribution in [2.75, 3.05) is 6.61 Å². The van der Waals surface area contributed by atoms with E-state index in [0.717, 1.165) is 22.9 Å². The van der Waals surface area contributed by atoms with Gasteiger partial charge in [-0.2, -0.15) is 13.2 Å². The predicted molar refractivity (Wildman–Crippen MR) is 117 cm³/mol. The first-order chi connectivity index (χ1) is 15.7. The van der Waals surface area contributed by atoms with Gasteiger partial charge in [-0.3, -0.25) is 0 Å². The smallest absolute Gasteiger partial charge is 0.416 e. The zero-order chi connectivity index (χ0) is 23.6. The molecule has 1 aliphatic heterocycles. The summed E-state index contributed by atoms with van der Waals surface area (Å²) in [6.45, 7) is -0.331. The minimum absolute atomic E-state index is 0.0793. The molecule has 174 valence electrons. The Balaban J connectivity index is 1.65. The van der Waals surface area contributed by atoms with Crippen molar-refractivity contribution in [3.63, 3.8) is 0 Å². The second-order valence-corrected chi connectivity index (χ2v) is 7.91. The van der Waals surface area contributed by atoms with Gasteiger partial charge in [-0.15, -0.1) is 0 Å². The standard InChI is InChI=1S/C25H23F3O5/c26-25(27,28)19-9-6-15(7-10-19)5-8-18-11-16-3-1-2-4-17(16)12-22(18)33-24-23(31)21(30)13-20(14-29)32-24/h1-12,20-21,23-24,29-31H,13-14H2/b8-5+/t20-,21-,23+,24-/m0/s1. The summed E-state index contributed by atoms with van der Waals surface area (Å²) in [5.74, 6) is 0.353. The van der Waals surface area contributed by atoms with E-state index >= 15 is 0 Å². The maximum Gasteiger partial charge on any atom is 0.416 e. The third-order valence-corrected chi connectivity index (χ3v) is 5.52. The number of ether oxygens (including phenoxy) is 2. The van der Waals surface area contributed by atoms with Gasteiger partial charge in [0.05, 0.1) is 24.4 Å². The van der Waals surface area contributed by atoms with Crippen LogP contribution in [-0.4, -0.2) is 46.5 Å². The average molecular weight is 460 g/mol. The Bertz CT molecular complexity index is 1130. The lowest BCUT2D eigenvalue weighted by molar-refractivity contribution is -0.240. The fourth-order valence-electron chi connectivity index (χ4n) is 3.69. The zero-order valence-corrected chi connectivity index (χ0v) is 17.4. The van der Waals surface area contributed by atoms with Crippen molar-refractivity contribution >= 4 is 22.9 Å². The van der Waals surface area contributed by atoms with Crippen LogP contribution in [-0.2, 0) is 10.9 Å². The first-order valence-electron chi connectivity index (χ1n) is 10.4. The quantitative estimate of drug-likeness (QED) is 0.497. The lowest BCUT2D eigenvalue weighted by atomic mass is 10.0. The highest BCUT2D eigenvalue weighted by Crippen LogP contribution is 2.32. The molecule has 0 bridgehead atoms. The number of rotatable bonds is 5. The SMILES string of the molecule is OC[C@@H]1C[C@H](O)[C@@H](O)[C@H](Oc2cc3ccccc3cc2/C=C/c2ccc(C(F)(F)F)cc2)O1. The maximum absolute atomic E-state index is 12.8. The van der Waals surface area contributed by atoms with Gasteiger partial charge in [0.25, 0.3) is 0 Å². The lowest BCUT2D eigenvalue weighted by Gasteiger charge is -2.36. The first-order valence-corrected chi connectivity index (χ1v) is 10.4. The predicted octanol–water partition coefficient (Wildman–Crippen LogP) is 4.24. The average Bonchev–Trinajstić information content (AvgIpc) is 2.80. The fourth-order valence-corrected chi connectivity index (χ4v) is 3.69. The molecule has 0 aromatic heterocycles. The number of alkyl halides is 3. The van der Waals surface area contributed by atoms with Gasteiger partial charge in [0.1, 0.15) is 11.9 Å². The van der Waals surface area contributed by atoms with E-state index < -0.39 is 36.3 Å². The van der Waals surface area contributed by atoms with E-state index in [1.807, 2.05) is 30.3 Å². The van der Waals surface area contributed by atoms with Crippen molar-refractivity contribution in [1.82, 2.24) is 0 Å². The monoisotopic (exact) mass is 460 g/mol. The number of aliphatic hydroxyl groups is 3. The Hall–Kier alpha value is -2.91. The molecule has 8 heteroatoms. The van der Waals surface area contributed by atoms with Crippen LogP contribution >= 0.6 is 0 Å². The van der Waals surface area contributed by atoms with Crippen molar-refractivity contribution in [3.05, 3.63) is 77.4 Å². The molecule has 1 fully saturated rings. The van der Waals surface area contributed by atoms with Gasteiger partial charge in [-0.05, 0) is 40.6 Å². The van der Waals surface area contributed by atoms with Crippen LogP contribution in [0.3, 0.4) is 0 Å². The molecule has 0 aliphatic carbocycles. The number of fused-ring (bicyclic) bond motifs is 1. The van der Waals surface area contributed by atoms with E-state index in [2.05, 4.69) is 0 Å². The van der Waals surface area contributed by atoms with Gasteiger partial charge >= 0.3 is 6.18 Å². The molecule has 0 radical (unpaired) electrons. The molecule has 0 unspecified atom stereocenters. The largest absolute Gasteiger partial charge is 0.461 e. The molecular weight excluding hydrogens is 437 g/mol. The molecule has 1 saturated heterocycles. The highest BCUT2D eigenvalue weighted by molar-refractivity contribution is 5.88. The molecule has 3 aromatic rings. The topological polar surface area (TPSA) is 79.2 Å². The molecule has 4 atom stereocenters. The maximum atomic E-state index is 12.8. The first kappa shape index (κ1) is 23.3. The van der Waals surface area contributed by atoms with Gasteiger partial charge in [0.2, 0.25) is 6.29 Å². The van der Waals surface area contributed by atoms with Crippen molar-refractivity contribution in [2.24, 2.45) is 0 Å². The molecule has 3 aromatic carbocycles. The Morgan fingerprint density at radius 2 is 1.64 bits per heavy atom.